The van der Waals surface area contributed by atoms with E-state index in [1.165, 1.54) is 0 Å². The van der Waals surface area contributed by atoms with Crippen molar-refractivity contribution in [1.29, 1.82) is 0 Å². The van der Waals surface area contributed by atoms with Crippen LogP contribution >= 0.6 is 0 Å². The summed E-state index contributed by atoms with van der Waals surface area (Å²) in [5, 5.41) is 11.9. The van der Waals surface area contributed by atoms with Crippen molar-refractivity contribution in [2.45, 2.75) is 51.1 Å². The fourth-order valence-electron chi connectivity index (χ4n) is 5.05. The lowest BCUT2D eigenvalue weighted by atomic mass is 10.1. The van der Waals surface area contributed by atoms with Gasteiger partial charge in [0.25, 0.3) is 5.91 Å². The maximum atomic E-state index is 13.5. The van der Waals surface area contributed by atoms with E-state index in [9.17, 15) is 19.2 Å². The second-order valence-electron chi connectivity index (χ2n) is 9.97. The molecule has 3 fully saturated rings. The predicted octanol–water partition coefficient (Wildman–Crippen LogP) is 1.31. The summed E-state index contributed by atoms with van der Waals surface area (Å²) in [5.74, 6) is 0.135. The molecule has 1 unspecified atom stereocenters. The number of aliphatic imine (C=N–C) groups is 1. The van der Waals surface area contributed by atoms with Crippen molar-refractivity contribution in [3.05, 3.63) is 30.0 Å². The van der Waals surface area contributed by atoms with E-state index >= 15 is 0 Å². The van der Waals surface area contributed by atoms with Gasteiger partial charge in [-0.05, 0) is 63.3 Å². The van der Waals surface area contributed by atoms with E-state index in [2.05, 4.69) is 26.3 Å². The zero-order valence-corrected chi connectivity index (χ0v) is 21.4. The summed E-state index contributed by atoms with van der Waals surface area (Å²) >= 11 is 0. The first kappa shape index (κ1) is 25.6. The van der Waals surface area contributed by atoms with Gasteiger partial charge < -0.3 is 30.2 Å². The molecule has 202 valence electrons. The Kier molecular flexibility index (Phi) is 7.47. The SMILES string of the molecule is Cc1cc2cc(NC(=N[C@H]3CCCCN(CC(=O)N4CCCC4)C3=O)NC(=O)C3CNC(=O)N3)ccc2o1. The molecular formula is C26H33N7O5. The van der Waals surface area contributed by atoms with E-state index in [4.69, 9.17) is 4.42 Å². The molecule has 3 aliphatic heterocycles. The van der Waals surface area contributed by atoms with Crippen LogP contribution in [0.2, 0.25) is 0 Å². The summed E-state index contributed by atoms with van der Waals surface area (Å²) in [5.41, 5.74) is 1.38. The van der Waals surface area contributed by atoms with Crippen molar-refractivity contribution in [3.63, 3.8) is 0 Å². The molecule has 12 nitrogen and oxygen atoms in total. The number of aryl methyl sites for hydroxylation is 1. The Morgan fingerprint density at radius 3 is 2.66 bits per heavy atom. The van der Waals surface area contributed by atoms with Gasteiger partial charge in [0, 0.05) is 37.3 Å². The minimum Gasteiger partial charge on any atom is -0.461 e. The Balaban J connectivity index is 1.37. The van der Waals surface area contributed by atoms with Crippen LogP contribution in [0.3, 0.4) is 0 Å². The highest BCUT2D eigenvalue weighted by atomic mass is 16.3. The molecule has 12 heteroatoms. The molecule has 1 aromatic heterocycles. The highest BCUT2D eigenvalue weighted by Gasteiger charge is 2.32. The summed E-state index contributed by atoms with van der Waals surface area (Å²) < 4.78 is 5.64. The van der Waals surface area contributed by atoms with Crippen LogP contribution in [0.25, 0.3) is 11.0 Å². The van der Waals surface area contributed by atoms with Crippen molar-refractivity contribution < 1.29 is 23.6 Å². The number of guanidine groups is 1. The van der Waals surface area contributed by atoms with E-state index in [0.29, 0.717) is 18.7 Å². The molecule has 3 aliphatic rings. The number of benzene rings is 1. The van der Waals surface area contributed by atoms with Crippen molar-refractivity contribution in [2.24, 2.45) is 4.99 Å². The first-order valence-corrected chi connectivity index (χ1v) is 13.1. The number of carbonyl (C=O) groups excluding carboxylic acids is 4. The first-order valence-electron chi connectivity index (χ1n) is 13.1. The molecule has 2 aromatic rings. The van der Waals surface area contributed by atoms with Gasteiger partial charge in [0.05, 0.1) is 6.54 Å². The number of likely N-dealkylation sites (tertiary alicyclic amines) is 2. The Morgan fingerprint density at radius 2 is 1.89 bits per heavy atom. The standard InChI is InChI=1S/C26H33N7O5/c1-16-12-17-13-18(7-8-21(17)38-16)28-25(31-23(35)20-14-27-26(37)30-20)29-19-6-2-3-11-33(24(19)36)15-22(34)32-9-4-5-10-32/h7-8,12-13,19-20H,2-6,9-11,14-15H2,1H3,(H2,27,30,37)(H2,28,29,31,35)/t19-,20?/m0/s1. The van der Waals surface area contributed by atoms with Crippen LogP contribution < -0.4 is 21.3 Å². The van der Waals surface area contributed by atoms with E-state index in [0.717, 1.165) is 55.5 Å². The van der Waals surface area contributed by atoms with Crippen LogP contribution in [0.1, 0.15) is 37.9 Å². The van der Waals surface area contributed by atoms with Gasteiger partial charge in [-0.2, -0.15) is 0 Å². The number of hydrogen-bond donors (Lipinski definition) is 4. The molecule has 0 aliphatic carbocycles. The maximum absolute atomic E-state index is 13.5. The zero-order valence-electron chi connectivity index (χ0n) is 21.4. The topological polar surface area (TPSA) is 148 Å². The third-order valence-corrected chi connectivity index (χ3v) is 7.05. The quantitative estimate of drug-likeness (QED) is 0.343. The molecule has 3 saturated heterocycles. The molecule has 38 heavy (non-hydrogen) atoms. The third kappa shape index (κ3) is 5.90. The van der Waals surface area contributed by atoms with Gasteiger partial charge in [-0.1, -0.05) is 0 Å². The number of urea groups is 1. The Labute approximate surface area is 220 Å². The van der Waals surface area contributed by atoms with E-state index in [1.807, 2.05) is 25.1 Å². The van der Waals surface area contributed by atoms with Gasteiger partial charge in [0.2, 0.25) is 17.8 Å². The minimum atomic E-state index is -0.770. The summed E-state index contributed by atoms with van der Waals surface area (Å²) in [6, 6.07) is 5.42. The number of anilines is 1. The van der Waals surface area contributed by atoms with Crippen molar-refractivity contribution in [3.8, 4) is 0 Å². The van der Waals surface area contributed by atoms with Gasteiger partial charge in [-0.25, -0.2) is 9.79 Å². The van der Waals surface area contributed by atoms with Crippen LogP contribution in [-0.2, 0) is 14.4 Å². The van der Waals surface area contributed by atoms with Crippen LogP contribution in [0.15, 0.2) is 33.7 Å². The molecule has 4 heterocycles. The largest absolute Gasteiger partial charge is 0.461 e. The molecule has 0 bridgehead atoms. The van der Waals surface area contributed by atoms with Crippen molar-refractivity contribution in [1.82, 2.24) is 25.8 Å². The molecule has 0 radical (unpaired) electrons. The number of furan rings is 1. The van der Waals surface area contributed by atoms with E-state index in [1.54, 1.807) is 15.9 Å². The average Bonchev–Trinajstić information content (AvgIpc) is 3.63. The van der Waals surface area contributed by atoms with Crippen LogP contribution in [0.5, 0.6) is 0 Å². The van der Waals surface area contributed by atoms with Gasteiger partial charge >= 0.3 is 6.03 Å². The summed E-state index contributed by atoms with van der Waals surface area (Å²) in [7, 11) is 0. The highest BCUT2D eigenvalue weighted by Crippen LogP contribution is 2.23. The zero-order chi connectivity index (χ0) is 26.6. The number of amides is 5. The lowest BCUT2D eigenvalue weighted by Gasteiger charge is -2.25. The fourth-order valence-corrected chi connectivity index (χ4v) is 5.05. The number of rotatable bonds is 5. The molecule has 5 rings (SSSR count). The number of nitrogens with zero attached hydrogens (tertiary/aromatic N) is 3. The van der Waals surface area contributed by atoms with Crippen molar-refractivity contribution >= 4 is 46.4 Å². The third-order valence-electron chi connectivity index (χ3n) is 7.05. The monoisotopic (exact) mass is 523 g/mol. The summed E-state index contributed by atoms with van der Waals surface area (Å²) in [6.45, 7) is 4.01. The highest BCUT2D eigenvalue weighted by molar-refractivity contribution is 6.08. The molecule has 5 amide bonds. The summed E-state index contributed by atoms with van der Waals surface area (Å²) in [6.07, 6.45) is 4.01. The Hall–Kier alpha value is -4.09. The Morgan fingerprint density at radius 1 is 1.11 bits per heavy atom. The summed E-state index contributed by atoms with van der Waals surface area (Å²) in [4.78, 5) is 58.7. The van der Waals surface area contributed by atoms with E-state index in [-0.39, 0.29) is 30.9 Å². The van der Waals surface area contributed by atoms with Gasteiger partial charge in [0.1, 0.15) is 23.4 Å². The lowest BCUT2D eigenvalue weighted by Crippen LogP contribution is -2.49. The van der Waals surface area contributed by atoms with Gasteiger partial charge in [0.15, 0.2) is 0 Å². The van der Waals surface area contributed by atoms with Crippen molar-refractivity contribution in [2.75, 3.05) is 38.0 Å². The normalized spacial score (nSPS) is 22.3. The predicted molar refractivity (Wildman–Crippen MR) is 141 cm³/mol. The minimum absolute atomic E-state index is 0.0380. The second kappa shape index (κ2) is 11.1. The average molecular weight is 524 g/mol. The number of carbonyl (C=O) groups is 4. The van der Waals surface area contributed by atoms with Crippen LogP contribution in [0, 0.1) is 6.92 Å². The van der Waals surface area contributed by atoms with E-state index < -0.39 is 24.0 Å². The number of nitrogens with one attached hydrogen (secondary N) is 4. The number of fused-ring (bicyclic) bond motifs is 1. The molecule has 2 atom stereocenters. The molecular weight excluding hydrogens is 490 g/mol. The lowest BCUT2D eigenvalue weighted by molar-refractivity contribution is -0.140. The first-order chi connectivity index (χ1) is 18.4. The second-order valence-corrected chi connectivity index (χ2v) is 9.97. The number of hydrogen-bond acceptors (Lipinski definition) is 6. The molecule has 0 saturated carbocycles. The van der Waals surface area contributed by atoms with Gasteiger partial charge in [-0.3, -0.25) is 19.7 Å². The molecule has 4 N–H and O–H groups in total. The van der Waals surface area contributed by atoms with Crippen LogP contribution in [-0.4, -0.2) is 84.3 Å². The van der Waals surface area contributed by atoms with Crippen LogP contribution in [0.4, 0.5) is 10.5 Å². The fraction of sp³-hybridized carbons (Fsp3) is 0.500. The van der Waals surface area contributed by atoms with Gasteiger partial charge in [-0.15, -0.1) is 0 Å². The molecule has 0 spiro atoms. The maximum Gasteiger partial charge on any atom is 0.315 e. The smallest absolute Gasteiger partial charge is 0.315 e. The Bertz CT molecular complexity index is 1270. The molecule has 1 aromatic carbocycles.